The smallest absolute Gasteiger partial charge is 0.408 e. The lowest BCUT2D eigenvalue weighted by molar-refractivity contribution is 0.000608. The van der Waals surface area contributed by atoms with Gasteiger partial charge in [0.15, 0.2) is 0 Å². The van der Waals surface area contributed by atoms with E-state index < -0.39 is 5.60 Å². The topological polar surface area (TPSA) is 79.6 Å². The predicted molar refractivity (Wildman–Crippen MR) is 64.5 cm³/mol. The molecule has 0 aromatic rings. The molecule has 2 aliphatic heterocycles. The van der Waals surface area contributed by atoms with Crippen LogP contribution in [0.25, 0.3) is 0 Å². The fourth-order valence-corrected chi connectivity index (χ4v) is 2.09. The van der Waals surface area contributed by atoms with Crippen molar-refractivity contribution in [2.45, 2.75) is 44.6 Å². The monoisotopic (exact) mass is 242 g/mol. The number of ether oxygens (including phenoxy) is 1. The number of rotatable bonds is 2. The van der Waals surface area contributed by atoms with Gasteiger partial charge in [-0.05, 0) is 20.8 Å². The van der Waals surface area contributed by atoms with Gasteiger partial charge in [-0.3, -0.25) is 10.2 Å². The van der Waals surface area contributed by atoms with Crippen molar-refractivity contribution in [1.29, 1.82) is 0 Å². The van der Waals surface area contributed by atoms with Crippen LogP contribution in [0.2, 0.25) is 0 Å². The molecule has 98 valence electrons. The third-order valence-corrected chi connectivity index (χ3v) is 2.96. The summed E-state index contributed by atoms with van der Waals surface area (Å²) in [6.45, 7) is 8.15. The summed E-state index contributed by atoms with van der Waals surface area (Å²) in [5.41, 5.74) is 5.29. The van der Waals surface area contributed by atoms with E-state index in [0.717, 1.165) is 19.6 Å². The van der Waals surface area contributed by atoms with Crippen molar-refractivity contribution in [3.63, 3.8) is 0 Å². The second kappa shape index (κ2) is 4.44. The molecular weight excluding hydrogens is 220 g/mol. The van der Waals surface area contributed by atoms with Gasteiger partial charge in [-0.25, -0.2) is 4.79 Å². The van der Waals surface area contributed by atoms with E-state index in [0.29, 0.717) is 0 Å². The van der Waals surface area contributed by atoms with Crippen LogP contribution in [-0.4, -0.2) is 54.5 Å². The van der Waals surface area contributed by atoms with E-state index in [9.17, 15) is 4.79 Å². The van der Waals surface area contributed by atoms with Crippen molar-refractivity contribution in [3.8, 4) is 0 Å². The number of amides is 1. The summed E-state index contributed by atoms with van der Waals surface area (Å²) in [6.07, 6.45) is -0.138. The van der Waals surface area contributed by atoms with Crippen molar-refractivity contribution in [2.24, 2.45) is 5.73 Å². The first-order valence-corrected chi connectivity index (χ1v) is 6.08. The zero-order valence-corrected chi connectivity index (χ0v) is 10.7. The van der Waals surface area contributed by atoms with Gasteiger partial charge in [0.1, 0.15) is 5.60 Å². The average Bonchev–Trinajstić information content (AvgIpc) is 2.07. The maximum Gasteiger partial charge on any atom is 0.408 e. The Balaban J connectivity index is 1.74. The standard InChI is InChI=1S/C11H22N4O2/c1-11(2,3)17-10(16)14-8-4-13-9(8)15-5-7(12)6-15/h7-9,13H,4-6,12H2,1-3H3,(H,14,16). The normalized spacial score (nSPS) is 30.4. The Hall–Kier alpha value is -0.850. The molecule has 2 atom stereocenters. The van der Waals surface area contributed by atoms with Crippen LogP contribution in [0.5, 0.6) is 0 Å². The van der Waals surface area contributed by atoms with Crippen LogP contribution >= 0.6 is 0 Å². The Morgan fingerprint density at radius 2 is 2.12 bits per heavy atom. The van der Waals surface area contributed by atoms with Gasteiger partial charge < -0.3 is 15.8 Å². The van der Waals surface area contributed by atoms with E-state index in [4.69, 9.17) is 10.5 Å². The molecule has 0 saturated carbocycles. The molecule has 1 amide bonds. The number of nitrogens with two attached hydrogens (primary N) is 1. The second-order valence-electron chi connectivity index (χ2n) is 5.82. The zero-order valence-electron chi connectivity index (χ0n) is 10.7. The summed E-state index contributed by atoms with van der Waals surface area (Å²) in [6, 6.07) is 0.400. The highest BCUT2D eigenvalue weighted by molar-refractivity contribution is 5.68. The van der Waals surface area contributed by atoms with Crippen LogP contribution in [0.4, 0.5) is 4.79 Å². The van der Waals surface area contributed by atoms with E-state index in [1.165, 1.54) is 0 Å². The van der Waals surface area contributed by atoms with Gasteiger partial charge in [-0.1, -0.05) is 0 Å². The molecule has 2 saturated heterocycles. The Morgan fingerprint density at radius 1 is 1.47 bits per heavy atom. The molecule has 0 aliphatic carbocycles. The molecule has 0 aromatic carbocycles. The second-order valence-corrected chi connectivity index (χ2v) is 5.82. The number of nitrogens with one attached hydrogen (secondary N) is 2. The number of carbonyl (C=O) groups is 1. The number of hydrogen-bond acceptors (Lipinski definition) is 5. The van der Waals surface area contributed by atoms with E-state index in [1.54, 1.807) is 0 Å². The molecule has 2 fully saturated rings. The molecule has 17 heavy (non-hydrogen) atoms. The fourth-order valence-electron chi connectivity index (χ4n) is 2.09. The van der Waals surface area contributed by atoms with Crippen LogP contribution in [0, 0.1) is 0 Å². The number of nitrogens with zero attached hydrogens (tertiary/aromatic N) is 1. The van der Waals surface area contributed by atoms with E-state index in [1.807, 2.05) is 20.8 Å². The van der Waals surface area contributed by atoms with Crippen LogP contribution in [0.1, 0.15) is 20.8 Å². The van der Waals surface area contributed by atoms with Crippen molar-refractivity contribution in [3.05, 3.63) is 0 Å². The van der Waals surface area contributed by atoms with Crippen molar-refractivity contribution in [2.75, 3.05) is 19.6 Å². The third-order valence-electron chi connectivity index (χ3n) is 2.96. The predicted octanol–water partition coefficient (Wildman–Crippen LogP) is -0.548. The molecule has 4 N–H and O–H groups in total. The Bertz CT molecular complexity index is 296. The fraction of sp³-hybridized carbons (Fsp3) is 0.909. The molecule has 6 nitrogen and oxygen atoms in total. The van der Waals surface area contributed by atoms with Crippen molar-refractivity contribution in [1.82, 2.24) is 15.5 Å². The van der Waals surface area contributed by atoms with E-state index >= 15 is 0 Å². The lowest BCUT2D eigenvalue weighted by Gasteiger charge is -2.51. The van der Waals surface area contributed by atoms with Crippen molar-refractivity contribution >= 4 is 6.09 Å². The molecule has 2 unspecified atom stereocenters. The SMILES string of the molecule is CC(C)(C)OC(=O)NC1CNC1N1CC(N)C1. The Kier molecular flexibility index (Phi) is 3.29. The molecule has 2 rings (SSSR count). The minimum absolute atomic E-state index is 0.123. The minimum atomic E-state index is -0.449. The lowest BCUT2D eigenvalue weighted by Crippen LogP contribution is -2.76. The van der Waals surface area contributed by atoms with Gasteiger partial charge in [0.25, 0.3) is 0 Å². The molecule has 0 radical (unpaired) electrons. The van der Waals surface area contributed by atoms with Gasteiger partial charge >= 0.3 is 6.09 Å². The maximum atomic E-state index is 11.6. The molecule has 6 heteroatoms. The highest BCUT2D eigenvalue weighted by atomic mass is 16.6. The van der Waals surface area contributed by atoms with E-state index in [2.05, 4.69) is 15.5 Å². The first kappa shape index (κ1) is 12.6. The highest BCUT2D eigenvalue weighted by Crippen LogP contribution is 2.17. The third kappa shape index (κ3) is 3.08. The van der Waals surface area contributed by atoms with Crippen molar-refractivity contribution < 1.29 is 9.53 Å². The molecule has 0 aromatic heterocycles. The van der Waals surface area contributed by atoms with Crippen LogP contribution < -0.4 is 16.4 Å². The number of likely N-dealkylation sites (tertiary alicyclic amines) is 1. The Labute approximate surface area is 102 Å². The average molecular weight is 242 g/mol. The molecule has 2 aliphatic rings. The summed E-state index contributed by atoms with van der Waals surface area (Å²) in [7, 11) is 0. The van der Waals surface area contributed by atoms with Gasteiger partial charge in [-0.2, -0.15) is 0 Å². The van der Waals surface area contributed by atoms with Crippen LogP contribution in [0.15, 0.2) is 0 Å². The Morgan fingerprint density at radius 3 is 2.53 bits per heavy atom. The first-order valence-electron chi connectivity index (χ1n) is 6.08. The summed E-state index contributed by atoms with van der Waals surface area (Å²) >= 11 is 0. The van der Waals surface area contributed by atoms with Crippen LogP contribution in [0.3, 0.4) is 0 Å². The maximum absolute atomic E-state index is 11.6. The van der Waals surface area contributed by atoms with Gasteiger partial charge in [0, 0.05) is 25.7 Å². The van der Waals surface area contributed by atoms with Gasteiger partial charge in [-0.15, -0.1) is 0 Å². The minimum Gasteiger partial charge on any atom is -0.444 e. The summed E-state index contributed by atoms with van der Waals surface area (Å²) in [4.78, 5) is 13.8. The number of alkyl carbamates (subject to hydrolysis) is 1. The molecule has 0 bridgehead atoms. The lowest BCUT2D eigenvalue weighted by atomic mass is 10.0. The highest BCUT2D eigenvalue weighted by Gasteiger charge is 2.41. The summed E-state index contributed by atoms with van der Waals surface area (Å²) in [5, 5.41) is 6.17. The summed E-state index contributed by atoms with van der Waals surface area (Å²) < 4.78 is 5.22. The quantitative estimate of drug-likeness (QED) is 0.605. The number of hydrogen-bond donors (Lipinski definition) is 3. The summed E-state index contributed by atoms with van der Waals surface area (Å²) in [5.74, 6) is 0. The zero-order chi connectivity index (χ0) is 12.6. The molecular formula is C11H22N4O2. The first-order chi connectivity index (χ1) is 7.85. The van der Waals surface area contributed by atoms with Gasteiger partial charge in [0.2, 0.25) is 0 Å². The number of carbonyl (C=O) groups excluding carboxylic acids is 1. The molecule has 0 spiro atoms. The van der Waals surface area contributed by atoms with E-state index in [-0.39, 0.29) is 24.3 Å². The largest absolute Gasteiger partial charge is 0.444 e. The van der Waals surface area contributed by atoms with Crippen LogP contribution in [-0.2, 0) is 4.74 Å². The molecule has 2 heterocycles. The van der Waals surface area contributed by atoms with Gasteiger partial charge in [0.05, 0.1) is 12.2 Å².